The number of rotatable bonds is 3. The Morgan fingerprint density at radius 3 is 2.40 bits per heavy atom. The van der Waals surface area contributed by atoms with E-state index in [1.807, 2.05) is 6.92 Å². The standard InChI is InChI=1S/C5H10O3.Mg.H2O/c1-2-3-5(7)8-4-6;;/h6H,2-4H2,1H3;;1H2. The Morgan fingerprint density at radius 2 is 2.10 bits per heavy atom. The maximum atomic E-state index is 10.3. The van der Waals surface area contributed by atoms with Gasteiger partial charge < -0.3 is 15.3 Å². The predicted octanol–water partition coefficient (Wildman–Crippen LogP) is -0.926. The molecule has 0 aromatic heterocycles. The molecule has 58 valence electrons. The van der Waals surface area contributed by atoms with Crippen molar-refractivity contribution < 1.29 is 20.1 Å². The molecule has 0 aliphatic heterocycles. The number of aliphatic hydroxyl groups is 1. The molecule has 0 unspecified atom stereocenters. The van der Waals surface area contributed by atoms with Gasteiger partial charge in [0.1, 0.15) is 0 Å². The van der Waals surface area contributed by atoms with Crippen LogP contribution in [-0.4, -0.2) is 46.4 Å². The Kier molecular flexibility index (Phi) is 19.8. The highest BCUT2D eigenvalue weighted by Gasteiger charge is 1.95. The minimum Gasteiger partial charge on any atom is -0.439 e. The van der Waals surface area contributed by atoms with Crippen LogP contribution in [0.2, 0.25) is 0 Å². The van der Waals surface area contributed by atoms with Gasteiger partial charge in [-0.2, -0.15) is 0 Å². The van der Waals surface area contributed by atoms with Crippen LogP contribution in [0, 0.1) is 0 Å². The molecule has 0 atom stereocenters. The number of esters is 1. The SMILES string of the molecule is CCCC(=O)OCO.O.[Mg]. The van der Waals surface area contributed by atoms with Gasteiger partial charge in [-0.05, 0) is 6.42 Å². The third-order valence-corrected chi connectivity index (χ3v) is 0.680. The van der Waals surface area contributed by atoms with E-state index in [9.17, 15) is 4.79 Å². The molecule has 0 aliphatic carbocycles. The first kappa shape index (κ1) is 16.6. The van der Waals surface area contributed by atoms with E-state index in [4.69, 9.17) is 5.11 Å². The summed E-state index contributed by atoms with van der Waals surface area (Å²) >= 11 is 0. The van der Waals surface area contributed by atoms with E-state index in [1.165, 1.54) is 0 Å². The predicted molar refractivity (Wildman–Crippen MR) is 37.5 cm³/mol. The summed E-state index contributed by atoms with van der Waals surface area (Å²) < 4.78 is 4.20. The van der Waals surface area contributed by atoms with Crippen molar-refractivity contribution in [3.8, 4) is 0 Å². The summed E-state index contributed by atoms with van der Waals surface area (Å²) in [6.45, 7) is 1.37. The minimum absolute atomic E-state index is 0. The summed E-state index contributed by atoms with van der Waals surface area (Å²) in [5.41, 5.74) is 0. The monoisotopic (exact) mass is 160 g/mol. The topological polar surface area (TPSA) is 78.0 Å². The van der Waals surface area contributed by atoms with Gasteiger partial charge in [0.05, 0.1) is 0 Å². The summed E-state index contributed by atoms with van der Waals surface area (Å²) in [4.78, 5) is 10.3. The first-order chi connectivity index (χ1) is 3.81. The fourth-order valence-electron chi connectivity index (χ4n) is 0.348. The van der Waals surface area contributed by atoms with Crippen molar-refractivity contribution in [3.05, 3.63) is 0 Å². The summed E-state index contributed by atoms with van der Waals surface area (Å²) in [5, 5.41) is 8.02. The lowest BCUT2D eigenvalue weighted by Crippen LogP contribution is -2.03. The van der Waals surface area contributed by atoms with Crippen LogP contribution in [-0.2, 0) is 9.53 Å². The molecule has 10 heavy (non-hydrogen) atoms. The third-order valence-electron chi connectivity index (χ3n) is 0.680. The molecule has 0 aromatic carbocycles. The zero-order chi connectivity index (χ0) is 6.41. The van der Waals surface area contributed by atoms with Crippen molar-refractivity contribution in [2.45, 2.75) is 19.8 Å². The minimum atomic E-state index is -0.501. The Balaban J connectivity index is -0.000000245. The summed E-state index contributed by atoms with van der Waals surface area (Å²) in [5.74, 6) is -0.338. The molecule has 0 rings (SSSR count). The molecule has 4 nitrogen and oxygen atoms in total. The molecular formula is C5H12MgO4. The van der Waals surface area contributed by atoms with Gasteiger partial charge in [-0.15, -0.1) is 0 Å². The van der Waals surface area contributed by atoms with Crippen LogP contribution in [0.3, 0.4) is 0 Å². The lowest BCUT2D eigenvalue weighted by atomic mass is 10.3. The molecule has 0 aliphatic rings. The molecule has 0 saturated carbocycles. The molecule has 5 heteroatoms. The van der Waals surface area contributed by atoms with Crippen LogP contribution in [0.15, 0.2) is 0 Å². The zero-order valence-electron chi connectivity index (χ0n) is 6.09. The molecule has 2 radical (unpaired) electrons. The first-order valence-corrected chi connectivity index (χ1v) is 2.57. The van der Waals surface area contributed by atoms with E-state index in [2.05, 4.69) is 4.74 Å². The molecule has 0 bridgehead atoms. The first-order valence-electron chi connectivity index (χ1n) is 2.57. The molecular weight excluding hydrogens is 148 g/mol. The molecule has 0 aromatic rings. The van der Waals surface area contributed by atoms with E-state index in [1.54, 1.807) is 0 Å². The number of carbonyl (C=O) groups excluding carboxylic acids is 1. The number of aliphatic hydroxyl groups excluding tert-OH is 1. The third kappa shape index (κ3) is 11.0. The van der Waals surface area contributed by atoms with Crippen LogP contribution in [0.4, 0.5) is 0 Å². The Morgan fingerprint density at radius 1 is 1.60 bits per heavy atom. The molecule has 0 saturated heterocycles. The van der Waals surface area contributed by atoms with Crippen molar-refractivity contribution >= 4 is 29.0 Å². The number of hydrogen-bond acceptors (Lipinski definition) is 3. The molecule has 0 heterocycles. The maximum absolute atomic E-state index is 10.3. The lowest BCUT2D eigenvalue weighted by Gasteiger charge is -1.95. The summed E-state index contributed by atoms with van der Waals surface area (Å²) in [7, 11) is 0. The number of ether oxygens (including phenoxy) is 1. The Bertz CT molecular complexity index is 68.0. The molecule has 0 amide bonds. The van der Waals surface area contributed by atoms with Crippen molar-refractivity contribution in [2.24, 2.45) is 0 Å². The van der Waals surface area contributed by atoms with Crippen molar-refractivity contribution in [2.75, 3.05) is 6.79 Å². The van der Waals surface area contributed by atoms with E-state index >= 15 is 0 Å². The second-order valence-corrected chi connectivity index (χ2v) is 1.40. The average Bonchev–Trinajstić information content (AvgIpc) is 1.68. The highest BCUT2D eigenvalue weighted by Crippen LogP contribution is 1.88. The molecule has 3 N–H and O–H groups in total. The van der Waals surface area contributed by atoms with E-state index in [0.717, 1.165) is 6.42 Å². The Labute approximate surface area is 76.0 Å². The van der Waals surface area contributed by atoms with Crippen molar-refractivity contribution in [1.82, 2.24) is 0 Å². The smallest absolute Gasteiger partial charge is 0.307 e. The van der Waals surface area contributed by atoms with Crippen LogP contribution in [0.5, 0.6) is 0 Å². The molecule has 0 fully saturated rings. The number of carbonyl (C=O) groups is 1. The fraction of sp³-hybridized carbons (Fsp3) is 0.800. The second-order valence-electron chi connectivity index (χ2n) is 1.40. The van der Waals surface area contributed by atoms with Gasteiger partial charge in [0.2, 0.25) is 0 Å². The molecule has 0 spiro atoms. The van der Waals surface area contributed by atoms with Crippen LogP contribution in [0.25, 0.3) is 0 Å². The van der Waals surface area contributed by atoms with E-state index in [-0.39, 0.29) is 34.5 Å². The summed E-state index contributed by atoms with van der Waals surface area (Å²) in [6, 6.07) is 0. The highest BCUT2D eigenvalue weighted by molar-refractivity contribution is 5.75. The van der Waals surface area contributed by atoms with Crippen molar-refractivity contribution in [1.29, 1.82) is 0 Å². The average molecular weight is 160 g/mol. The van der Waals surface area contributed by atoms with E-state index in [0.29, 0.717) is 6.42 Å². The largest absolute Gasteiger partial charge is 0.439 e. The van der Waals surface area contributed by atoms with Gasteiger partial charge in [0.25, 0.3) is 0 Å². The number of hydrogen-bond donors (Lipinski definition) is 1. The lowest BCUT2D eigenvalue weighted by molar-refractivity contribution is -0.151. The van der Waals surface area contributed by atoms with Gasteiger partial charge in [-0.3, -0.25) is 4.79 Å². The Hall–Kier alpha value is 0.156. The normalized spacial score (nSPS) is 7.00. The van der Waals surface area contributed by atoms with Crippen LogP contribution in [0.1, 0.15) is 19.8 Å². The van der Waals surface area contributed by atoms with Crippen LogP contribution < -0.4 is 0 Å². The van der Waals surface area contributed by atoms with Gasteiger partial charge in [0, 0.05) is 29.5 Å². The highest BCUT2D eigenvalue weighted by atomic mass is 24.3. The van der Waals surface area contributed by atoms with Crippen LogP contribution >= 0.6 is 0 Å². The summed E-state index contributed by atoms with van der Waals surface area (Å²) in [6.07, 6.45) is 1.15. The maximum Gasteiger partial charge on any atom is 0.307 e. The fourth-order valence-corrected chi connectivity index (χ4v) is 0.348. The van der Waals surface area contributed by atoms with Crippen molar-refractivity contribution in [3.63, 3.8) is 0 Å². The second kappa shape index (κ2) is 11.9. The van der Waals surface area contributed by atoms with E-state index < -0.39 is 6.79 Å². The van der Waals surface area contributed by atoms with Gasteiger partial charge in [-0.25, -0.2) is 0 Å². The quantitative estimate of drug-likeness (QED) is 0.329. The van der Waals surface area contributed by atoms with Gasteiger partial charge in [-0.1, -0.05) is 6.92 Å². The zero-order valence-corrected chi connectivity index (χ0v) is 7.51. The van der Waals surface area contributed by atoms with Gasteiger partial charge >= 0.3 is 5.97 Å². The van der Waals surface area contributed by atoms with Gasteiger partial charge in [0.15, 0.2) is 6.79 Å².